The lowest BCUT2D eigenvalue weighted by molar-refractivity contribution is -0.145. The van der Waals surface area contributed by atoms with Crippen molar-refractivity contribution < 1.29 is 19.1 Å². The van der Waals surface area contributed by atoms with Gasteiger partial charge in [0.2, 0.25) is 5.91 Å². The largest absolute Gasteiger partial charge is 0.481 e. The standard InChI is InChI=1S/C13H13BrFNO3/c14-10-5-4-7(15)6-11(10)16-12(17)8-2-1-3-9(8)13(18)19/h4-6,8-9H,1-3H2,(H,16,17)(H,18,19)/t8-,9+/m1/s1. The zero-order valence-electron chi connectivity index (χ0n) is 10.0. The van der Waals surface area contributed by atoms with E-state index in [1.807, 2.05) is 0 Å². The van der Waals surface area contributed by atoms with Gasteiger partial charge in [0.05, 0.1) is 17.5 Å². The Labute approximate surface area is 118 Å². The van der Waals surface area contributed by atoms with Crippen molar-refractivity contribution in [3.63, 3.8) is 0 Å². The highest BCUT2D eigenvalue weighted by atomic mass is 79.9. The average molecular weight is 330 g/mol. The van der Waals surface area contributed by atoms with Crippen molar-refractivity contribution in [2.45, 2.75) is 19.3 Å². The summed E-state index contributed by atoms with van der Waals surface area (Å²) in [6.45, 7) is 0. The van der Waals surface area contributed by atoms with Gasteiger partial charge in [-0.3, -0.25) is 9.59 Å². The van der Waals surface area contributed by atoms with Crippen LogP contribution in [0.4, 0.5) is 10.1 Å². The van der Waals surface area contributed by atoms with Crippen LogP contribution in [0.5, 0.6) is 0 Å². The van der Waals surface area contributed by atoms with E-state index in [1.54, 1.807) is 0 Å². The van der Waals surface area contributed by atoms with Crippen molar-refractivity contribution in [3.05, 3.63) is 28.5 Å². The number of carboxylic acids is 1. The van der Waals surface area contributed by atoms with Gasteiger partial charge < -0.3 is 10.4 Å². The summed E-state index contributed by atoms with van der Waals surface area (Å²) in [7, 11) is 0. The van der Waals surface area contributed by atoms with Gasteiger partial charge >= 0.3 is 5.97 Å². The van der Waals surface area contributed by atoms with Gasteiger partial charge in [-0.1, -0.05) is 6.42 Å². The maximum absolute atomic E-state index is 13.1. The fraction of sp³-hybridized carbons (Fsp3) is 0.385. The number of benzene rings is 1. The second kappa shape index (κ2) is 5.69. The van der Waals surface area contributed by atoms with Crippen LogP contribution in [-0.2, 0) is 9.59 Å². The molecule has 6 heteroatoms. The summed E-state index contributed by atoms with van der Waals surface area (Å²) in [6, 6.07) is 3.97. The maximum atomic E-state index is 13.1. The highest BCUT2D eigenvalue weighted by molar-refractivity contribution is 9.10. The Morgan fingerprint density at radius 2 is 2.00 bits per heavy atom. The van der Waals surface area contributed by atoms with E-state index in [-0.39, 0.29) is 5.91 Å². The Morgan fingerprint density at radius 3 is 2.68 bits per heavy atom. The van der Waals surface area contributed by atoms with Crippen LogP contribution in [0.3, 0.4) is 0 Å². The highest BCUT2D eigenvalue weighted by Gasteiger charge is 2.37. The third-order valence-corrected chi connectivity index (χ3v) is 4.05. The molecular formula is C13H13BrFNO3. The summed E-state index contributed by atoms with van der Waals surface area (Å²) < 4.78 is 13.7. The molecule has 0 radical (unpaired) electrons. The van der Waals surface area contributed by atoms with E-state index >= 15 is 0 Å². The summed E-state index contributed by atoms with van der Waals surface area (Å²) in [5, 5.41) is 11.6. The molecule has 2 rings (SSSR count). The van der Waals surface area contributed by atoms with E-state index in [0.29, 0.717) is 23.0 Å². The molecule has 1 aromatic carbocycles. The molecule has 1 aromatic rings. The van der Waals surface area contributed by atoms with E-state index in [1.165, 1.54) is 18.2 Å². The minimum absolute atomic E-state index is 0.320. The Morgan fingerprint density at radius 1 is 1.32 bits per heavy atom. The Balaban J connectivity index is 2.12. The molecule has 1 fully saturated rings. The first kappa shape index (κ1) is 14.0. The summed E-state index contributed by atoms with van der Waals surface area (Å²) in [5.74, 6) is -2.97. The van der Waals surface area contributed by atoms with Crippen molar-refractivity contribution in [2.24, 2.45) is 11.8 Å². The number of rotatable bonds is 3. The zero-order chi connectivity index (χ0) is 14.0. The molecule has 0 aromatic heterocycles. The summed E-state index contributed by atoms with van der Waals surface area (Å²) in [4.78, 5) is 23.1. The van der Waals surface area contributed by atoms with Crippen LogP contribution in [0.25, 0.3) is 0 Å². The number of hydrogen-bond acceptors (Lipinski definition) is 2. The van der Waals surface area contributed by atoms with E-state index in [4.69, 9.17) is 5.11 Å². The number of amides is 1. The maximum Gasteiger partial charge on any atom is 0.307 e. The SMILES string of the molecule is O=C(O)[C@H]1CCC[C@H]1C(=O)Nc1cc(F)ccc1Br. The minimum Gasteiger partial charge on any atom is -0.481 e. The van der Waals surface area contributed by atoms with Crippen LogP contribution >= 0.6 is 15.9 Å². The fourth-order valence-corrected chi connectivity index (χ4v) is 2.73. The predicted molar refractivity (Wildman–Crippen MR) is 71.2 cm³/mol. The number of nitrogens with one attached hydrogen (secondary N) is 1. The third kappa shape index (κ3) is 3.12. The van der Waals surface area contributed by atoms with Gasteiger partial charge in [-0.2, -0.15) is 0 Å². The molecule has 1 aliphatic rings. The van der Waals surface area contributed by atoms with Gasteiger partial charge in [0.15, 0.2) is 0 Å². The normalized spacial score (nSPS) is 22.2. The van der Waals surface area contributed by atoms with Gasteiger partial charge in [-0.15, -0.1) is 0 Å². The number of carbonyl (C=O) groups excluding carboxylic acids is 1. The van der Waals surface area contributed by atoms with E-state index in [2.05, 4.69) is 21.2 Å². The molecule has 1 saturated carbocycles. The lowest BCUT2D eigenvalue weighted by Gasteiger charge is -2.16. The van der Waals surface area contributed by atoms with Gasteiger partial charge in [-0.05, 0) is 47.0 Å². The van der Waals surface area contributed by atoms with Crippen molar-refractivity contribution in [1.82, 2.24) is 0 Å². The summed E-state index contributed by atoms with van der Waals surface area (Å²) in [6.07, 6.45) is 1.78. The van der Waals surface area contributed by atoms with E-state index in [9.17, 15) is 14.0 Å². The van der Waals surface area contributed by atoms with Gasteiger partial charge in [0, 0.05) is 4.47 Å². The average Bonchev–Trinajstić information content (AvgIpc) is 2.83. The van der Waals surface area contributed by atoms with E-state index in [0.717, 1.165) is 6.42 Å². The molecule has 2 atom stereocenters. The lowest BCUT2D eigenvalue weighted by Crippen LogP contribution is -2.30. The Hall–Kier alpha value is -1.43. The molecule has 102 valence electrons. The first-order valence-electron chi connectivity index (χ1n) is 5.98. The molecule has 4 nitrogen and oxygen atoms in total. The van der Waals surface area contributed by atoms with Crippen molar-refractivity contribution in [1.29, 1.82) is 0 Å². The molecule has 0 heterocycles. The van der Waals surface area contributed by atoms with Crippen LogP contribution in [0.1, 0.15) is 19.3 Å². The number of hydrogen-bond donors (Lipinski definition) is 2. The molecule has 19 heavy (non-hydrogen) atoms. The quantitative estimate of drug-likeness (QED) is 0.895. The topological polar surface area (TPSA) is 66.4 Å². The molecule has 0 spiro atoms. The molecule has 2 N–H and O–H groups in total. The van der Waals surface area contributed by atoms with Crippen LogP contribution in [0.2, 0.25) is 0 Å². The first-order chi connectivity index (χ1) is 8.99. The van der Waals surface area contributed by atoms with Gasteiger partial charge in [-0.25, -0.2) is 4.39 Å². The number of halogens is 2. The predicted octanol–water partition coefficient (Wildman–Crippen LogP) is 3.03. The zero-order valence-corrected chi connectivity index (χ0v) is 11.6. The Kier molecular flexibility index (Phi) is 4.19. The van der Waals surface area contributed by atoms with Crippen LogP contribution in [0, 0.1) is 17.7 Å². The molecule has 0 aliphatic heterocycles. The first-order valence-corrected chi connectivity index (χ1v) is 6.77. The minimum atomic E-state index is -0.948. The lowest BCUT2D eigenvalue weighted by atomic mass is 9.95. The number of carbonyl (C=O) groups is 2. The smallest absolute Gasteiger partial charge is 0.307 e. The van der Waals surface area contributed by atoms with Crippen molar-refractivity contribution in [2.75, 3.05) is 5.32 Å². The third-order valence-electron chi connectivity index (χ3n) is 3.36. The second-order valence-corrected chi connectivity index (χ2v) is 5.45. The van der Waals surface area contributed by atoms with Crippen LogP contribution in [-0.4, -0.2) is 17.0 Å². The number of carboxylic acid groups (broad SMARTS) is 1. The fourth-order valence-electron chi connectivity index (χ4n) is 2.39. The summed E-state index contributed by atoms with van der Waals surface area (Å²) in [5.41, 5.74) is 0.320. The van der Waals surface area contributed by atoms with Crippen molar-refractivity contribution >= 4 is 33.5 Å². The van der Waals surface area contributed by atoms with Gasteiger partial charge in [0.25, 0.3) is 0 Å². The monoisotopic (exact) mass is 329 g/mol. The molecule has 0 unspecified atom stereocenters. The van der Waals surface area contributed by atoms with Crippen molar-refractivity contribution in [3.8, 4) is 0 Å². The van der Waals surface area contributed by atoms with Crippen LogP contribution < -0.4 is 5.32 Å². The Bertz CT molecular complexity index is 521. The molecular weight excluding hydrogens is 317 g/mol. The molecule has 1 amide bonds. The van der Waals surface area contributed by atoms with Gasteiger partial charge in [0.1, 0.15) is 5.82 Å². The second-order valence-electron chi connectivity index (χ2n) is 4.60. The summed E-state index contributed by atoms with van der Waals surface area (Å²) >= 11 is 3.21. The molecule has 0 bridgehead atoms. The molecule has 1 aliphatic carbocycles. The number of aliphatic carboxylic acids is 1. The van der Waals surface area contributed by atoms with E-state index < -0.39 is 23.6 Å². The number of anilines is 1. The highest BCUT2D eigenvalue weighted by Crippen LogP contribution is 2.33. The molecule has 0 saturated heterocycles. The van der Waals surface area contributed by atoms with Crippen LogP contribution in [0.15, 0.2) is 22.7 Å².